The number of aliphatic hydroxyl groups is 1. The summed E-state index contributed by atoms with van der Waals surface area (Å²) in [4.78, 5) is 11.7. The molecule has 1 N–H and O–H groups in total. The van der Waals surface area contributed by atoms with Crippen LogP contribution in [0.15, 0.2) is 72.8 Å². The molecule has 0 spiro atoms. The van der Waals surface area contributed by atoms with Gasteiger partial charge in [0.25, 0.3) is 0 Å². The van der Waals surface area contributed by atoms with E-state index in [4.69, 9.17) is 4.74 Å². The maximum atomic E-state index is 11.7. The second-order valence-electron chi connectivity index (χ2n) is 5.01. The topological polar surface area (TPSA) is 46.5 Å². The van der Waals surface area contributed by atoms with Crippen LogP contribution < -0.4 is 0 Å². The summed E-state index contributed by atoms with van der Waals surface area (Å²) in [7, 11) is 0. The molecule has 2 aromatic rings. The van der Waals surface area contributed by atoms with Crippen LogP contribution in [0, 0.1) is 0 Å². The van der Waals surface area contributed by atoms with Gasteiger partial charge >= 0.3 is 5.97 Å². The summed E-state index contributed by atoms with van der Waals surface area (Å²) in [5.74, 6) is -0.611. The van der Waals surface area contributed by atoms with Crippen LogP contribution in [-0.4, -0.2) is 23.8 Å². The van der Waals surface area contributed by atoms with E-state index in [1.165, 1.54) is 0 Å². The van der Waals surface area contributed by atoms with Gasteiger partial charge in [-0.05, 0) is 17.2 Å². The van der Waals surface area contributed by atoms with E-state index in [0.717, 1.165) is 11.1 Å². The average Bonchev–Trinajstić information content (AvgIpc) is 2.60. The minimum absolute atomic E-state index is 0.146. The molecule has 118 valence electrons. The van der Waals surface area contributed by atoms with Crippen molar-refractivity contribution < 1.29 is 14.6 Å². The van der Waals surface area contributed by atoms with E-state index in [2.05, 4.69) is 0 Å². The lowest BCUT2D eigenvalue weighted by Crippen LogP contribution is -2.22. The minimum Gasteiger partial charge on any atom is -0.460 e. The second-order valence-corrected chi connectivity index (χ2v) is 5.01. The minimum atomic E-state index is -1.14. The number of aliphatic hydroxyl groups excluding tert-OH is 1. The van der Waals surface area contributed by atoms with Crippen molar-refractivity contribution >= 4 is 18.1 Å². The van der Waals surface area contributed by atoms with Gasteiger partial charge in [-0.1, -0.05) is 78.9 Å². The van der Waals surface area contributed by atoms with Crippen molar-refractivity contribution in [3.05, 3.63) is 83.9 Å². The van der Waals surface area contributed by atoms with Crippen LogP contribution in [0.2, 0.25) is 0 Å². The lowest BCUT2D eigenvalue weighted by atomic mass is 10.1. The summed E-state index contributed by atoms with van der Waals surface area (Å²) in [6.07, 6.45) is 6.35. The Balaban J connectivity index is 1.70. The molecule has 0 radical (unpaired) electrons. The molecule has 0 bridgehead atoms. The first kappa shape index (κ1) is 16.7. The van der Waals surface area contributed by atoms with E-state index in [9.17, 15) is 9.90 Å². The number of carbonyl (C=O) groups excluding carboxylic acids is 1. The van der Waals surface area contributed by atoms with E-state index in [1.807, 2.05) is 72.8 Å². The molecule has 2 rings (SSSR count). The first-order chi connectivity index (χ1) is 11.3. The van der Waals surface area contributed by atoms with Gasteiger partial charge in [-0.2, -0.15) is 0 Å². The monoisotopic (exact) mass is 308 g/mol. The Kier molecular flexibility index (Phi) is 6.82. The normalized spacial score (nSPS) is 12.6. The number of benzene rings is 2. The van der Waals surface area contributed by atoms with Gasteiger partial charge in [0.15, 0.2) is 6.10 Å². The van der Waals surface area contributed by atoms with Gasteiger partial charge in [0, 0.05) is 6.42 Å². The van der Waals surface area contributed by atoms with Crippen LogP contribution in [-0.2, 0) is 9.53 Å². The number of ether oxygens (including phenoxy) is 1. The molecule has 3 nitrogen and oxygen atoms in total. The van der Waals surface area contributed by atoms with Gasteiger partial charge in [0.1, 0.15) is 6.61 Å². The average molecular weight is 308 g/mol. The van der Waals surface area contributed by atoms with Crippen LogP contribution in [0.3, 0.4) is 0 Å². The second kappa shape index (κ2) is 9.38. The van der Waals surface area contributed by atoms with Crippen molar-refractivity contribution in [1.82, 2.24) is 0 Å². The van der Waals surface area contributed by atoms with E-state index in [1.54, 1.807) is 12.2 Å². The van der Waals surface area contributed by atoms with Gasteiger partial charge in [0.2, 0.25) is 0 Å². The van der Waals surface area contributed by atoms with Gasteiger partial charge in [-0.15, -0.1) is 0 Å². The van der Waals surface area contributed by atoms with Crippen LogP contribution in [0.1, 0.15) is 17.5 Å². The van der Waals surface area contributed by atoms with E-state index < -0.39 is 12.1 Å². The van der Waals surface area contributed by atoms with Gasteiger partial charge in [0.05, 0.1) is 0 Å². The zero-order valence-corrected chi connectivity index (χ0v) is 12.8. The molecule has 0 aromatic heterocycles. The van der Waals surface area contributed by atoms with Crippen LogP contribution >= 0.6 is 0 Å². The molecule has 0 saturated carbocycles. The van der Waals surface area contributed by atoms with Crippen molar-refractivity contribution in [1.29, 1.82) is 0 Å². The number of hydrogen-bond acceptors (Lipinski definition) is 3. The highest BCUT2D eigenvalue weighted by atomic mass is 16.5. The third-order valence-corrected chi connectivity index (χ3v) is 3.17. The Morgan fingerprint density at radius 3 is 2.00 bits per heavy atom. The highest BCUT2D eigenvalue weighted by Crippen LogP contribution is 2.05. The molecule has 0 aliphatic rings. The standard InChI is InChI=1S/C20H20O3/c21-19(15-7-13-17-9-3-1-4-10-17)20(22)23-16-8-14-18-11-5-2-6-12-18/h1-14,19,21H,15-16H2/b13-7+,14-8+. The smallest absolute Gasteiger partial charge is 0.335 e. The molecule has 0 saturated heterocycles. The first-order valence-electron chi connectivity index (χ1n) is 7.53. The van der Waals surface area contributed by atoms with Crippen molar-refractivity contribution in [3.8, 4) is 0 Å². The van der Waals surface area contributed by atoms with Crippen molar-refractivity contribution in [2.75, 3.05) is 6.61 Å². The van der Waals surface area contributed by atoms with Crippen molar-refractivity contribution in [2.45, 2.75) is 12.5 Å². The summed E-state index contributed by atoms with van der Waals surface area (Å²) in [6, 6.07) is 19.5. The summed E-state index contributed by atoms with van der Waals surface area (Å²) >= 11 is 0. The molecular weight excluding hydrogens is 288 g/mol. The molecule has 0 aliphatic carbocycles. The third kappa shape index (κ3) is 6.32. The number of carbonyl (C=O) groups is 1. The van der Waals surface area contributed by atoms with Crippen LogP contribution in [0.4, 0.5) is 0 Å². The highest BCUT2D eigenvalue weighted by molar-refractivity contribution is 5.75. The van der Waals surface area contributed by atoms with E-state index in [0.29, 0.717) is 0 Å². The SMILES string of the molecule is O=C(OC/C=C/c1ccccc1)C(O)C/C=C/c1ccccc1. The van der Waals surface area contributed by atoms with Crippen molar-refractivity contribution in [2.24, 2.45) is 0 Å². The van der Waals surface area contributed by atoms with Crippen molar-refractivity contribution in [3.63, 3.8) is 0 Å². The highest BCUT2D eigenvalue weighted by Gasteiger charge is 2.13. The number of hydrogen-bond donors (Lipinski definition) is 1. The molecule has 0 heterocycles. The summed E-state index contributed by atoms with van der Waals surface area (Å²) in [5, 5.41) is 9.76. The lowest BCUT2D eigenvalue weighted by molar-refractivity contribution is -0.151. The van der Waals surface area contributed by atoms with Gasteiger partial charge in [-0.25, -0.2) is 4.79 Å². The third-order valence-electron chi connectivity index (χ3n) is 3.17. The summed E-state index contributed by atoms with van der Waals surface area (Å²) in [5.41, 5.74) is 2.06. The number of esters is 1. The Hall–Kier alpha value is -2.65. The largest absolute Gasteiger partial charge is 0.460 e. The summed E-state index contributed by atoms with van der Waals surface area (Å²) < 4.78 is 5.02. The predicted octanol–water partition coefficient (Wildman–Crippen LogP) is 3.71. The van der Waals surface area contributed by atoms with Gasteiger partial charge < -0.3 is 9.84 Å². The maximum Gasteiger partial charge on any atom is 0.335 e. The Morgan fingerprint density at radius 1 is 0.913 bits per heavy atom. The Morgan fingerprint density at radius 2 is 1.43 bits per heavy atom. The zero-order chi connectivity index (χ0) is 16.3. The molecule has 0 fully saturated rings. The first-order valence-corrected chi connectivity index (χ1v) is 7.53. The maximum absolute atomic E-state index is 11.7. The molecule has 0 aliphatic heterocycles. The predicted molar refractivity (Wildman–Crippen MR) is 92.5 cm³/mol. The van der Waals surface area contributed by atoms with E-state index >= 15 is 0 Å². The fourth-order valence-corrected chi connectivity index (χ4v) is 1.97. The lowest BCUT2D eigenvalue weighted by Gasteiger charge is -2.06. The number of rotatable bonds is 7. The van der Waals surface area contributed by atoms with Gasteiger partial charge in [-0.3, -0.25) is 0 Å². The quantitative estimate of drug-likeness (QED) is 0.793. The van der Waals surface area contributed by atoms with Crippen LogP contribution in [0.5, 0.6) is 0 Å². The zero-order valence-electron chi connectivity index (χ0n) is 12.8. The van der Waals surface area contributed by atoms with Crippen LogP contribution in [0.25, 0.3) is 12.2 Å². The molecule has 1 atom stereocenters. The molecule has 1 unspecified atom stereocenters. The Bertz CT molecular complexity index is 645. The summed E-state index contributed by atoms with van der Waals surface area (Å²) in [6.45, 7) is 0.146. The fourth-order valence-electron chi connectivity index (χ4n) is 1.97. The molecule has 0 amide bonds. The molecule has 3 heteroatoms. The van der Waals surface area contributed by atoms with E-state index in [-0.39, 0.29) is 13.0 Å². The Labute approximate surface area is 136 Å². The fraction of sp³-hybridized carbons (Fsp3) is 0.150. The molecule has 2 aromatic carbocycles. The molecular formula is C20H20O3. The molecule has 23 heavy (non-hydrogen) atoms.